The fourth-order valence-corrected chi connectivity index (χ4v) is 2.39. The standard InChI is InChI=1S/C12H10ClF5N2O/c13-7-3-6(14)4-8(15)9(7)20-10(21)11(12(16,17)18)1-2-19-5-11/h3-4,19H,1-2,5H2,(H,20,21). The highest BCUT2D eigenvalue weighted by Gasteiger charge is 2.61. The lowest BCUT2D eigenvalue weighted by atomic mass is 9.85. The molecule has 116 valence electrons. The van der Waals surface area contributed by atoms with Crippen LogP contribution < -0.4 is 10.6 Å². The predicted octanol–water partition coefficient (Wildman–Crippen LogP) is 3.10. The molecule has 1 aromatic carbocycles. The Morgan fingerprint density at radius 3 is 2.48 bits per heavy atom. The van der Waals surface area contributed by atoms with Gasteiger partial charge in [0.15, 0.2) is 11.2 Å². The number of alkyl halides is 3. The third kappa shape index (κ3) is 2.82. The number of hydrogen-bond donors (Lipinski definition) is 2. The van der Waals surface area contributed by atoms with Gasteiger partial charge in [0.05, 0.1) is 10.7 Å². The predicted molar refractivity (Wildman–Crippen MR) is 66.0 cm³/mol. The maximum Gasteiger partial charge on any atom is 0.404 e. The number of halogens is 6. The summed E-state index contributed by atoms with van der Waals surface area (Å²) in [4.78, 5) is 12.0. The number of rotatable bonds is 2. The number of benzene rings is 1. The minimum atomic E-state index is -4.80. The molecule has 2 rings (SSSR count). The zero-order valence-electron chi connectivity index (χ0n) is 10.5. The van der Waals surface area contributed by atoms with Crippen molar-refractivity contribution in [1.29, 1.82) is 0 Å². The van der Waals surface area contributed by atoms with E-state index in [2.05, 4.69) is 5.32 Å². The van der Waals surface area contributed by atoms with Crippen LogP contribution in [0.25, 0.3) is 0 Å². The van der Waals surface area contributed by atoms with Crippen molar-refractivity contribution in [2.75, 3.05) is 18.4 Å². The Hall–Kier alpha value is -1.41. The number of carbonyl (C=O) groups is 1. The Balaban J connectivity index is 2.33. The Morgan fingerprint density at radius 2 is 2.00 bits per heavy atom. The molecule has 0 aromatic heterocycles. The second kappa shape index (κ2) is 5.42. The molecule has 0 spiro atoms. The number of nitrogens with one attached hydrogen (secondary N) is 2. The van der Waals surface area contributed by atoms with Crippen molar-refractivity contribution >= 4 is 23.2 Å². The smallest absolute Gasteiger partial charge is 0.322 e. The van der Waals surface area contributed by atoms with E-state index in [1.54, 1.807) is 0 Å². The van der Waals surface area contributed by atoms with Crippen molar-refractivity contribution in [3.8, 4) is 0 Å². The first-order valence-electron chi connectivity index (χ1n) is 5.91. The Morgan fingerprint density at radius 1 is 1.33 bits per heavy atom. The molecule has 0 saturated carbocycles. The number of amides is 1. The summed E-state index contributed by atoms with van der Waals surface area (Å²) in [5.74, 6) is -3.66. The fraction of sp³-hybridized carbons (Fsp3) is 0.417. The van der Waals surface area contributed by atoms with Gasteiger partial charge in [0.2, 0.25) is 5.91 Å². The van der Waals surface area contributed by atoms with Crippen LogP contribution in [0.4, 0.5) is 27.6 Å². The molecule has 1 atom stereocenters. The van der Waals surface area contributed by atoms with Crippen LogP contribution in [0, 0.1) is 17.0 Å². The second-order valence-corrected chi connectivity index (χ2v) is 5.11. The SMILES string of the molecule is O=C(Nc1c(F)cc(F)cc1Cl)C1(C(F)(F)F)CCNC1. The van der Waals surface area contributed by atoms with Crippen LogP contribution in [0.5, 0.6) is 0 Å². The topological polar surface area (TPSA) is 41.1 Å². The van der Waals surface area contributed by atoms with E-state index in [-0.39, 0.29) is 6.54 Å². The largest absolute Gasteiger partial charge is 0.404 e. The summed E-state index contributed by atoms with van der Waals surface area (Å²) in [6, 6.07) is 1.13. The molecule has 0 aliphatic carbocycles. The van der Waals surface area contributed by atoms with E-state index in [1.807, 2.05) is 5.32 Å². The van der Waals surface area contributed by atoms with Crippen LogP contribution >= 0.6 is 11.6 Å². The fourth-order valence-electron chi connectivity index (χ4n) is 2.15. The van der Waals surface area contributed by atoms with Crippen molar-refractivity contribution in [1.82, 2.24) is 5.32 Å². The van der Waals surface area contributed by atoms with Gasteiger partial charge in [0, 0.05) is 12.6 Å². The summed E-state index contributed by atoms with van der Waals surface area (Å²) in [6.07, 6.45) is -5.27. The third-order valence-electron chi connectivity index (χ3n) is 3.38. The van der Waals surface area contributed by atoms with Gasteiger partial charge >= 0.3 is 6.18 Å². The lowest BCUT2D eigenvalue weighted by Gasteiger charge is -2.29. The molecule has 0 bridgehead atoms. The van der Waals surface area contributed by atoms with Gasteiger partial charge in [-0.1, -0.05) is 11.6 Å². The van der Waals surface area contributed by atoms with Crippen LogP contribution in [0.15, 0.2) is 12.1 Å². The van der Waals surface area contributed by atoms with Gasteiger partial charge in [0.25, 0.3) is 0 Å². The molecule has 21 heavy (non-hydrogen) atoms. The van der Waals surface area contributed by atoms with Crippen LogP contribution in [-0.4, -0.2) is 25.2 Å². The van der Waals surface area contributed by atoms with Crippen LogP contribution in [0.2, 0.25) is 5.02 Å². The Bertz CT molecular complexity index is 546. The lowest BCUT2D eigenvalue weighted by Crippen LogP contribution is -2.49. The molecule has 3 nitrogen and oxygen atoms in total. The van der Waals surface area contributed by atoms with Crippen LogP contribution in [0.3, 0.4) is 0 Å². The van der Waals surface area contributed by atoms with E-state index in [9.17, 15) is 26.7 Å². The Labute approximate surface area is 121 Å². The van der Waals surface area contributed by atoms with Crippen molar-refractivity contribution in [2.24, 2.45) is 5.41 Å². The van der Waals surface area contributed by atoms with E-state index in [0.717, 1.165) is 0 Å². The van der Waals surface area contributed by atoms with Gasteiger partial charge in [-0.2, -0.15) is 13.2 Å². The molecule has 1 amide bonds. The molecule has 1 fully saturated rings. The highest BCUT2D eigenvalue weighted by molar-refractivity contribution is 6.33. The molecule has 9 heteroatoms. The zero-order valence-corrected chi connectivity index (χ0v) is 11.2. The third-order valence-corrected chi connectivity index (χ3v) is 3.68. The summed E-state index contributed by atoms with van der Waals surface area (Å²) >= 11 is 5.55. The maximum atomic E-state index is 13.5. The highest BCUT2D eigenvalue weighted by atomic mass is 35.5. The minimum Gasteiger partial charge on any atom is -0.322 e. The van der Waals surface area contributed by atoms with Crippen molar-refractivity contribution < 1.29 is 26.7 Å². The zero-order chi connectivity index (χ0) is 15.8. The molecule has 0 radical (unpaired) electrons. The molecule has 1 aliphatic rings. The quantitative estimate of drug-likeness (QED) is 0.819. The van der Waals surface area contributed by atoms with Crippen molar-refractivity contribution in [2.45, 2.75) is 12.6 Å². The summed E-state index contributed by atoms with van der Waals surface area (Å²) in [5, 5.41) is 3.77. The molecule has 1 aliphatic heterocycles. The van der Waals surface area contributed by atoms with E-state index >= 15 is 0 Å². The molecule has 1 saturated heterocycles. The number of carbonyl (C=O) groups excluding carboxylic acids is 1. The summed E-state index contributed by atoms with van der Waals surface area (Å²) in [7, 11) is 0. The average Bonchev–Trinajstić information content (AvgIpc) is 2.83. The number of anilines is 1. The van der Waals surface area contributed by atoms with E-state index in [0.29, 0.717) is 12.1 Å². The van der Waals surface area contributed by atoms with Crippen molar-refractivity contribution in [3.05, 3.63) is 28.8 Å². The van der Waals surface area contributed by atoms with E-state index in [1.165, 1.54) is 0 Å². The number of hydrogen-bond acceptors (Lipinski definition) is 2. The first kappa shape index (κ1) is 16.0. The molecule has 1 heterocycles. The highest BCUT2D eigenvalue weighted by Crippen LogP contribution is 2.44. The van der Waals surface area contributed by atoms with Crippen LogP contribution in [0.1, 0.15) is 6.42 Å². The lowest BCUT2D eigenvalue weighted by molar-refractivity contribution is -0.213. The minimum absolute atomic E-state index is 0.00651. The van der Waals surface area contributed by atoms with Gasteiger partial charge in [0.1, 0.15) is 5.82 Å². The van der Waals surface area contributed by atoms with Gasteiger partial charge in [-0.25, -0.2) is 8.78 Å². The molecular formula is C12H10ClF5N2O. The summed E-state index contributed by atoms with van der Waals surface area (Å²) < 4.78 is 65.9. The molecule has 1 unspecified atom stereocenters. The van der Waals surface area contributed by atoms with E-state index < -0.39 is 52.8 Å². The van der Waals surface area contributed by atoms with Crippen molar-refractivity contribution in [3.63, 3.8) is 0 Å². The average molecular weight is 329 g/mol. The van der Waals surface area contributed by atoms with Gasteiger partial charge in [-0.05, 0) is 19.0 Å². The first-order chi connectivity index (χ1) is 9.67. The second-order valence-electron chi connectivity index (χ2n) is 4.71. The summed E-state index contributed by atoms with van der Waals surface area (Å²) in [5.41, 5.74) is -3.32. The van der Waals surface area contributed by atoms with Gasteiger partial charge in [-0.3, -0.25) is 4.79 Å². The normalized spacial score (nSPS) is 22.4. The van der Waals surface area contributed by atoms with Crippen LogP contribution in [-0.2, 0) is 4.79 Å². The molecule has 1 aromatic rings. The van der Waals surface area contributed by atoms with Gasteiger partial charge in [-0.15, -0.1) is 0 Å². The summed E-state index contributed by atoms with van der Waals surface area (Å²) in [6.45, 7) is -0.602. The molecular weight excluding hydrogens is 319 g/mol. The maximum absolute atomic E-state index is 13.5. The van der Waals surface area contributed by atoms with E-state index in [4.69, 9.17) is 11.6 Å². The molecule has 2 N–H and O–H groups in total. The first-order valence-corrected chi connectivity index (χ1v) is 6.28. The Kier molecular flexibility index (Phi) is 4.12. The van der Waals surface area contributed by atoms with Gasteiger partial charge < -0.3 is 10.6 Å². The monoisotopic (exact) mass is 328 g/mol.